The summed E-state index contributed by atoms with van der Waals surface area (Å²) < 4.78 is 5.75. The molecule has 1 fully saturated rings. The normalized spacial score (nSPS) is 14.4. The average molecular weight is 327 g/mol. The summed E-state index contributed by atoms with van der Waals surface area (Å²) in [6, 6.07) is 11.4. The Hall–Kier alpha value is -2.83. The zero-order valence-corrected chi connectivity index (χ0v) is 13.7. The van der Waals surface area contributed by atoms with Gasteiger partial charge in [-0.1, -0.05) is 18.2 Å². The molecule has 2 aromatic rings. The number of carbonyl (C=O) groups is 1. The van der Waals surface area contributed by atoms with Crippen molar-refractivity contribution in [2.45, 2.75) is 6.92 Å². The van der Waals surface area contributed by atoms with Crippen molar-refractivity contribution in [2.75, 3.05) is 37.6 Å². The minimum atomic E-state index is -0.00654. The minimum Gasteiger partial charge on any atom is -0.439 e. The first-order chi connectivity index (χ1) is 11.8. The number of nitrogens with zero attached hydrogens (tertiary/aromatic N) is 4. The van der Waals surface area contributed by atoms with Gasteiger partial charge in [-0.15, -0.1) is 0 Å². The monoisotopic (exact) mass is 327 g/mol. The largest absolute Gasteiger partial charge is 0.439 e. The Morgan fingerprint density at radius 2 is 1.92 bits per heavy atom. The second kappa shape index (κ2) is 7.63. The van der Waals surface area contributed by atoms with Crippen LogP contribution in [0.4, 0.5) is 10.6 Å². The fourth-order valence-corrected chi connectivity index (χ4v) is 2.57. The fourth-order valence-electron chi connectivity index (χ4n) is 2.57. The minimum absolute atomic E-state index is 0.00654. The smallest absolute Gasteiger partial charge is 0.317 e. The van der Waals surface area contributed by atoms with Gasteiger partial charge in [-0.2, -0.15) is 0 Å². The van der Waals surface area contributed by atoms with Crippen LogP contribution in [-0.2, 0) is 0 Å². The lowest BCUT2D eigenvalue weighted by molar-refractivity contribution is 0.195. The molecule has 1 aromatic heterocycles. The van der Waals surface area contributed by atoms with Gasteiger partial charge in [0.1, 0.15) is 17.9 Å². The zero-order chi connectivity index (χ0) is 16.8. The second-order valence-corrected chi connectivity index (χ2v) is 5.44. The van der Waals surface area contributed by atoms with Gasteiger partial charge < -0.3 is 19.9 Å². The van der Waals surface area contributed by atoms with Crippen LogP contribution in [0.15, 0.2) is 42.7 Å². The van der Waals surface area contributed by atoms with Crippen LogP contribution in [0.25, 0.3) is 0 Å². The summed E-state index contributed by atoms with van der Waals surface area (Å²) in [6.45, 7) is 5.38. The van der Waals surface area contributed by atoms with Crippen molar-refractivity contribution in [3.8, 4) is 11.6 Å². The van der Waals surface area contributed by atoms with Crippen LogP contribution in [0.2, 0.25) is 0 Å². The van der Waals surface area contributed by atoms with Gasteiger partial charge in [-0.3, -0.25) is 0 Å². The fraction of sp³-hybridized carbons (Fsp3) is 0.353. The Morgan fingerprint density at radius 3 is 2.62 bits per heavy atom. The maximum Gasteiger partial charge on any atom is 0.317 e. The molecule has 0 aliphatic carbocycles. The molecule has 0 atom stereocenters. The number of benzene rings is 1. The number of nitrogens with one attached hydrogen (secondary N) is 1. The van der Waals surface area contributed by atoms with Gasteiger partial charge >= 0.3 is 6.03 Å². The van der Waals surface area contributed by atoms with E-state index in [0.717, 1.165) is 24.7 Å². The van der Waals surface area contributed by atoms with E-state index in [0.29, 0.717) is 25.5 Å². The Labute approximate surface area is 141 Å². The first-order valence-electron chi connectivity index (χ1n) is 8.09. The molecule has 0 saturated carbocycles. The van der Waals surface area contributed by atoms with Gasteiger partial charge in [-0.05, 0) is 19.1 Å². The summed E-state index contributed by atoms with van der Waals surface area (Å²) in [5.74, 6) is 2.06. The van der Waals surface area contributed by atoms with Crippen molar-refractivity contribution in [1.29, 1.82) is 0 Å². The number of para-hydroxylation sites is 1. The molecular weight excluding hydrogens is 306 g/mol. The third-order valence-electron chi connectivity index (χ3n) is 3.81. The van der Waals surface area contributed by atoms with Crippen LogP contribution in [-0.4, -0.2) is 53.6 Å². The third kappa shape index (κ3) is 3.92. The Kier molecular flexibility index (Phi) is 5.10. The molecule has 0 unspecified atom stereocenters. The number of amides is 2. The molecule has 1 aliphatic rings. The van der Waals surface area contributed by atoms with Crippen molar-refractivity contribution in [1.82, 2.24) is 20.2 Å². The highest BCUT2D eigenvalue weighted by Gasteiger charge is 2.21. The number of ether oxygens (including phenoxy) is 1. The Bertz CT molecular complexity index is 672. The average Bonchev–Trinajstić information content (AvgIpc) is 2.63. The quantitative estimate of drug-likeness (QED) is 0.931. The SMILES string of the molecule is CCNC(=O)N1CCN(c2cc(Oc3ccccc3)ncn2)CC1. The molecule has 126 valence electrons. The predicted molar refractivity (Wildman–Crippen MR) is 91.4 cm³/mol. The third-order valence-corrected chi connectivity index (χ3v) is 3.81. The molecule has 2 heterocycles. The van der Waals surface area contributed by atoms with E-state index >= 15 is 0 Å². The number of hydrogen-bond acceptors (Lipinski definition) is 5. The molecule has 1 aromatic carbocycles. The lowest BCUT2D eigenvalue weighted by Gasteiger charge is -2.35. The lowest BCUT2D eigenvalue weighted by atomic mass is 10.3. The molecule has 7 nitrogen and oxygen atoms in total. The van der Waals surface area contributed by atoms with Crippen LogP contribution in [0.5, 0.6) is 11.6 Å². The van der Waals surface area contributed by atoms with Crippen LogP contribution in [0.1, 0.15) is 6.92 Å². The van der Waals surface area contributed by atoms with Gasteiger partial charge in [0.05, 0.1) is 0 Å². The summed E-state index contributed by atoms with van der Waals surface area (Å²) in [5.41, 5.74) is 0. The molecule has 3 rings (SSSR count). The molecule has 0 spiro atoms. The molecule has 24 heavy (non-hydrogen) atoms. The van der Waals surface area contributed by atoms with E-state index in [9.17, 15) is 4.79 Å². The number of anilines is 1. The van der Waals surface area contributed by atoms with Crippen molar-refractivity contribution < 1.29 is 9.53 Å². The highest BCUT2D eigenvalue weighted by atomic mass is 16.5. The second-order valence-electron chi connectivity index (χ2n) is 5.44. The van der Waals surface area contributed by atoms with Crippen molar-refractivity contribution in [3.63, 3.8) is 0 Å². The molecule has 0 radical (unpaired) electrons. The first-order valence-corrected chi connectivity index (χ1v) is 8.09. The van der Waals surface area contributed by atoms with Crippen molar-refractivity contribution in [2.24, 2.45) is 0 Å². The summed E-state index contributed by atoms with van der Waals surface area (Å²) >= 11 is 0. The van der Waals surface area contributed by atoms with Crippen LogP contribution in [0, 0.1) is 0 Å². The number of aromatic nitrogens is 2. The maximum atomic E-state index is 11.8. The Morgan fingerprint density at radius 1 is 1.17 bits per heavy atom. The molecule has 2 amide bonds. The van der Waals surface area contributed by atoms with E-state index in [-0.39, 0.29) is 6.03 Å². The van der Waals surface area contributed by atoms with Gasteiger partial charge in [0.15, 0.2) is 0 Å². The van der Waals surface area contributed by atoms with Gasteiger partial charge in [0.2, 0.25) is 5.88 Å². The van der Waals surface area contributed by atoms with E-state index in [1.807, 2.05) is 48.2 Å². The van der Waals surface area contributed by atoms with Gasteiger partial charge in [0.25, 0.3) is 0 Å². The summed E-state index contributed by atoms with van der Waals surface area (Å²) in [4.78, 5) is 24.3. The summed E-state index contributed by atoms with van der Waals surface area (Å²) in [5, 5.41) is 2.83. The first kappa shape index (κ1) is 16.0. The number of urea groups is 1. The van der Waals surface area contributed by atoms with E-state index in [2.05, 4.69) is 20.2 Å². The topological polar surface area (TPSA) is 70.6 Å². The predicted octanol–water partition coefficient (Wildman–Crippen LogP) is 2.12. The number of piperazine rings is 1. The van der Waals surface area contributed by atoms with Crippen molar-refractivity contribution in [3.05, 3.63) is 42.7 Å². The number of hydrogen-bond donors (Lipinski definition) is 1. The van der Waals surface area contributed by atoms with Crippen LogP contribution in [0.3, 0.4) is 0 Å². The Balaban J connectivity index is 1.62. The van der Waals surface area contributed by atoms with Crippen molar-refractivity contribution >= 4 is 11.8 Å². The molecule has 1 saturated heterocycles. The zero-order valence-electron chi connectivity index (χ0n) is 13.7. The standard InChI is InChI=1S/C17H21N5O2/c1-2-18-17(23)22-10-8-21(9-11-22)15-12-16(20-13-19-15)24-14-6-4-3-5-7-14/h3-7,12-13H,2,8-11H2,1H3,(H,18,23). The maximum absolute atomic E-state index is 11.8. The molecular formula is C17H21N5O2. The molecule has 1 aliphatic heterocycles. The van der Waals surface area contributed by atoms with E-state index in [1.165, 1.54) is 6.33 Å². The van der Waals surface area contributed by atoms with E-state index < -0.39 is 0 Å². The number of carbonyl (C=O) groups excluding carboxylic acids is 1. The summed E-state index contributed by atoms with van der Waals surface area (Å²) in [7, 11) is 0. The highest BCUT2D eigenvalue weighted by Crippen LogP contribution is 2.22. The van der Waals surface area contributed by atoms with Gasteiger partial charge in [-0.25, -0.2) is 14.8 Å². The summed E-state index contributed by atoms with van der Waals surface area (Å²) in [6.07, 6.45) is 1.50. The van der Waals surface area contributed by atoms with E-state index in [1.54, 1.807) is 0 Å². The molecule has 0 bridgehead atoms. The number of rotatable bonds is 4. The van der Waals surface area contributed by atoms with Crippen LogP contribution >= 0.6 is 0 Å². The van der Waals surface area contributed by atoms with E-state index in [4.69, 9.17) is 4.74 Å². The van der Waals surface area contributed by atoms with Gasteiger partial charge in [0, 0.05) is 38.8 Å². The molecule has 1 N–H and O–H groups in total. The highest BCUT2D eigenvalue weighted by molar-refractivity contribution is 5.74. The molecule has 7 heteroatoms. The van der Waals surface area contributed by atoms with Crippen LogP contribution < -0.4 is 15.0 Å². The lowest BCUT2D eigenvalue weighted by Crippen LogP contribution is -2.52.